The Morgan fingerprint density at radius 3 is 2.36 bits per heavy atom. The summed E-state index contributed by atoms with van der Waals surface area (Å²) in [6.07, 6.45) is 1.06. The maximum absolute atomic E-state index is 11.3. The van der Waals surface area contributed by atoms with E-state index < -0.39 is 13.7 Å². The zero-order chi connectivity index (χ0) is 11.4. The molecule has 0 radical (unpaired) electrons. The van der Waals surface area contributed by atoms with Gasteiger partial charge in [0.15, 0.2) is 6.54 Å². The first kappa shape index (κ1) is 13.3. The minimum absolute atomic E-state index is 0.317. The molecule has 0 aliphatic heterocycles. The molecule has 0 aromatic carbocycles. The lowest BCUT2D eigenvalue weighted by Gasteiger charge is -2.22. The van der Waals surface area contributed by atoms with Crippen molar-refractivity contribution in [2.45, 2.75) is 0 Å². The van der Waals surface area contributed by atoms with E-state index in [-0.39, 0.29) is 0 Å². The Balaban J connectivity index is 4.58. The van der Waals surface area contributed by atoms with Crippen molar-refractivity contribution >= 4 is 19.2 Å². The van der Waals surface area contributed by atoms with Crippen LogP contribution in [-0.2, 0) is 9.53 Å². The van der Waals surface area contributed by atoms with Gasteiger partial charge >= 0.3 is 11.4 Å². The molecule has 0 aromatic heterocycles. The van der Waals surface area contributed by atoms with E-state index in [1.54, 1.807) is 0 Å². The number of esters is 1. The summed E-state index contributed by atoms with van der Waals surface area (Å²) in [4.78, 5) is 22.2. The average Bonchev–Trinajstić information content (AvgIpc) is 2.00. The SMILES string of the molecule is C=CC(=O)O/C(C[N+](C)(C)C)=[P+](\C)[O-]. The number of carbonyl (C=O) groups excluding carboxylic acids is 1. The van der Waals surface area contributed by atoms with E-state index in [4.69, 9.17) is 4.74 Å². The summed E-state index contributed by atoms with van der Waals surface area (Å²) < 4.78 is 5.46. The Morgan fingerprint density at radius 2 is 2.07 bits per heavy atom. The summed E-state index contributed by atoms with van der Waals surface area (Å²) in [6, 6.07) is 0. The molecule has 1 unspecified atom stereocenters. The van der Waals surface area contributed by atoms with Crippen molar-refractivity contribution < 1.29 is 18.9 Å². The number of hydrogen-bond donors (Lipinski definition) is 0. The molecule has 0 saturated heterocycles. The van der Waals surface area contributed by atoms with Crippen LogP contribution in [0.4, 0.5) is 0 Å². The summed E-state index contributed by atoms with van der Waals surface area (Å²) in [5.41, 5.74) is 0.317. The van der Waals surface area contributed by atoms with Gasteiger partial charge in [-0.1, -0.05) is 6.58 Å². The number of nitrogens with zero attached hydrogens (tertiary/aromatic N) is 1. The molecule has 0 rings (SSSR count). The molecule has 1 atom stereocenters. The summed E-state index contributed by atoms with van der Waals surface area (Å²) in [5, 5.41) is 0. The van der Waals surface area contributed by atoms with Crippen molar-refractivity contribution in [2.75, 3.05) is 34.4 Å². The fourth-order valence-electron chi connectivity index (χ4n) is 0.760. The molecule has 5 heteroatoms. The van der Waals surface area contributed by atoms with Crippen LogP contribution in [0.1, 0.15) is 0 Å². The van der Waals surface area contributed by atoms with E-state index in [0.29, 0.717) is 16.5 Å². The van der Waals surface area contributed by atoms with Crippen LogP contribution in [0, 0.1) is 0 Å². The van der Waals surface area contributed by atoms with Gasteiger partial charge in [0.25, 0.3) is 0 Å². The predicted molar refractivity (Wildman–Crippen MR) is 57.0 cm³/mol. The van der Waals surface area contributed by atoms with Gasteiger partial charge in [0.1, 0.15) is 0 Å². The highest BCUT2D eigenvalue weighted by molar-refractivity contribution is 7.50. The zero-order valence-electron chi connectivity index (χ0n) is 9.11. The summed E-state index contributed by atoms with van der Waals surface area (Å²) in [7, 11) is 4.19. The molecule has 0 aliphatic rings. The minimum atomic E-state index is -1.61. The Hall–Kier alpha value is -0.700. The number of carbonyl (C=O) groups is 1. The van der Waals surface area contributed by atoms with Gasteiger partial charge in [-0.2, -0.15) is 0 Å². The third-order valence-electron chi connectivity index (χ3n) is 1.35. The van der Waals surface area contributed by atoms with Gasteiger partial charge in [-0.15, -0.1) is 0 Å². The second-order valence-corrected chi connectivity index (χ2v) is 5.46. The van der Waals surface area contributed by atoms with Crippen molar-refractivity contribution in [3.8, 4) is 0 Å². The number of rotatable bonds is 4. The highest BCUT2D eigenvalue weighted by Crippen LogP contribution is 2.10. The molecule has 0 amide bonds. The van der Waals surface area contributed by atoms with Crippen molar-refractivity contribution in [1.82, 2.24) is 0 Å². The lowest BCUT2D eigenvalue weighted by Crippen LogP contribution is -2.40. The van der Waals surface area contributed by atoms with Crippen LogP contribution in [0.3, 0.4) is 0 Å². The zero-order valence-corrected chi connectivity index (χ0v) is 10.0. The van der Waals surface area contributed by atoms with E-state index in [2.05, 4.69) is 6.58 Å². The van der Waals surface area contributed by atoms with E-state index in [1.807, 2.05) is 21.1 Å². The lowest BCUT2D eigenvalue weighted by atomic mass is 10.5. The van der Waals surface area contributed by atoms with Gasteiger partial charge in [-0.3, -0.25) is 0 Å². The average molecular weight is 218 g/mol. The molecule has 4 nitrogen and oxygen atoms in total. The first-order valence-electron chi connectivity index (χ1n) is 4.17. The van der Waals surface area contributed by atoms with Crippen molar-refractivity contribution in [3.05, 3.63) is 12.7 Å². The molecule has 0 bridgehead atoms. The fraction of sp³-hybridized carbons (Fsp3) is 0.556. The normalized spacial score (nSPS) is 13.2. The number of ether oxygens (including phenoxy) is 1. The molecular weight excluding hydrogens is 201 g/mol. The number of hydrogen-bond acceptors (Lipinski definition) is 3. The van der Waals surface area contributed by atoms with Gasteiger partial charge in [0.05, 0.1) is 35.6 Å². The first-order chi connectivity index (χ1) is 6.26. The van der Waals surface area contributed by atoms with Crippen LogP contribution in [0.2, 0.25) is 0 Å². The molecule has 0 heterocycles. The number of quaternary nitrogens is 1. The molecule has 0 aromatic rings. The standard InChI is InChI=1S/C9H17NO3P/c1-6-8(11)13-9(14(5)12)7-10(2,3)4/h6H,1,7H2,2-5H3/q+1. The largest absolute Gasteiger partial charge is 0.628 e. The molecule has 0 N–H and O–H groups in total. The maximum Gasteiger partial charge on any atom is 0.338 e. The van der Waals surface area contributed by atoms with Crippen LogP contribution >= 0.6 is 7.77 Å². The summed E-state index contributed by atoms with van der Waals surface area (Å²) in [5.74, 6) is -0.557. The topological polar surface area (TPSA) is 49.4 Å². The molecule has 14 heavy (non-hydrogen) atoms. The Kier molecular flexibility index (Phi) is 4.99. The molecule has 0 spiro atoms. The molecule has 0 aliphatic carbocycles. The highest BCUT2D eigenvalue weighted by Gasteiger charge is 2.21. The van der Waals surface area contributed by atoms with Crippen LogP contribution < -0.4 is 4.89 Å². The van der Waals surface area contributed by atoms with Crippen LogP contribution in [0.15, 0.2) is 12.7 Å². The number of likely N-dealkylation sites (N-methyl/N-ethyl adjacent to an activating group) is 1. The van der Waals surface area contributed by atoms with Gasteiger partial charge in [-0.25, -0.2) is 4.79 Å². The Labute approximate surface area is 85.9 Å². The van der Waals surface area contributed by atoms with Crippen LogP contribution in [-0.4, -0.2) is 50.3 Å². The summed E-state index contributed by atoms with van der Waals surface area (Å²) >= 11 is 0. The predicted octanol–water partition coefficient (Wildman–Crippen LogP) is -0.0613. The van der Waals surface area contributed by atoms with Gasteiger partial charge in [0.2, 0.25) is 0 Å². The second-order valence-electron chi connectivity index (χ2n) is 3.96. The Morgan fingerprint density at radius 1 is 1.57 bits per heavy atom. The fourth-order valence-corrected chi connectivity index (χ4v) is 1.60. The third-order valence-corrected chi connectivity index (χ3v) is 2.28. The van der Waals surface area contributed by atoms with Crippen molar-refractivity contribution in [2.24, 2.45) is 0 Å². The lowest BCUT2D eigenvalue weighted by molar-refractivity contribution is -0.861. The van der Waals surface area contributed by atoms with E-state index in [9.17, 15) is 9.69 Å². The van der Waals surface area contributed by atoms with E-state index >= 15 is 0 Å². The third kappa shape index (κ3) is 5.86. The maximum atomic E-state index is 11.3. The summed E-state index contributed by atoms with van der Waals surface area (Å²) in [6.45, 7) is 5.26. The first-order valence-corrected chi connectivity index (χ1v) is 5.88. The monoisotopic (exact) mass is 218 g/mol. The minimum Gasteiger partial charge on any atom is -0.628 e. The van der Waals surface area contributed by atoms with Crippen molar-refractivity contribution in [1.29, 1.82) is 0 Å². The van der Waals surface area contributed by atoms with Crippen molar-refractivity contribution in [3.63, 3.8) is 0 Å². The highest BCUT2D eigenvalue weighted by atomic mass is 31.1. The second kappa shape index (κ2) is 5.25. The van der Waals surface area contributed by atoms with E-state index in [1.165, 1.54) is 6.66 Å². The van der Waals surface area contributed by atoms with Crippen LogP contribution in [0.25, 0.3) is 0 Å². The van der Waals surface area contributed by atoms with E-state index in [0.717, 1.165) is 6.08 Å². The smallest absolute Gasteiger partial charge is 0.338 e. The van der Waals surface area contributed by atoms with Gasteiger partial charge in [-0.05, 0) is 0 Å². The van der Waals surface area contributed by atoms with Gasteiger partial charge < -0.3 is 14.1 Å². The van der Waals surface area contributed by atoms with Crippen LogP contribution in [0.5, 0.6) is 0 Å². The molecule has 0 fully saturated rings. The molecular formula is C9H17NO3P+. The quantitative estimate of drug-likeness (QED) is 0.287. The molecule has 80 valence electrons. The Bertz CT molecular complexity index is 262. The molecule has 0 saturated carbocycles. The van der Waals surface area contributed by atoms with Gasteiger partial charge in [0, 0.05) is 6.08 Å².